The molecule has 1 aromatic rings. The van der Waals surface area contributed by atoms with Crippen LogP contribution in [0.1, 0.15) is 31.2 Å². The summed E-state index contributed by atoms with van der Waals surface area (Å²) >= 11 is 0. The molecule has 2 fully saturated rings. The van der Waals surface area contributed by atoms with Crippen molar-refractivity contribution in [3.8, 4) is 0 Å². The van der Waals surface area contributed by atoms with Crippen molar-refractivity contribution in [1.82, 2.24) is 0 Å². The van der Waals surface area contributed by atoms with E-state index in [-0.39, 0.29) is 17.4 Å². The summed E-state index contributed by atoms with van der Waals surface area (Å²) in [5.74, 6) is -0.355. The molecule has 5 nitrogen and oxygen atoms in total. The van der Waals surface area contributed by atoms with Crippen molar-refractivity contribution in [1.29, 1.82) is 0 Å². The van der Waals surface area contributed by atoms with Crippen LogP contribution >= 0.6 is 0 Å². The zero-order valence-corrected chi connectivity index (χ0v) is 13.6. The Labute approximate surface area is 131 Å². The molecule has 1 saturated heterocycles. The molecule has 22 heavy (non-hydrogen) atoms. The van der Waals surface area contributed by atoms with Crippen molar-refractivity contribution < 1.29 is 22.1 Å². The highest BCUT2D eigenvalue weighted by molar-refractivity contribution is 7.86. The summed E-state index contributed by atoms with van der Waals surface area (Å²) in [6, 6.07) is 6.70. The number of ether oxygens (including phenoxy) is 2. The van der Waals surface area contributed by atoms with Crippen molar-refractivity contribution in [2.24, 2.45) is 5.92 Å². The van der Waals surface area contributed by atoms with Gasteiger partial charge < -0.3 is 9.47 Å². The number of aryl methyl sites for hydroxylation is 1. The SMILES string of the molecule is Cc1ccc(S(=O)(=O)OCC2CCCC3(C2)OCCO3)cc1. The summed E-state index contributed by atoms with van der Waals surface area (Å²) in [6.07, 6.45) is 3.50. The van der Waals surface area contributed by atoms with E-state index in [4.69, 9.17) is 13.7 Å². The zero-order valence-electron chi connectivity index (χ0n) is 12.8. The summed E-state index contributed by atoms with van der Waals surface area (Å²) in [4.78, 5) is 0.206. The predicted molar refractivity (Wildman–Crippen MR) is 80.9 cm³/mol. The second-order valence-corrected chi connectivity index (χ2v) is 7.74. The average Bonchev–Trinajstić information content (AvgIpc) is 2.94. The summed E-state index contributed by atoms with van der Waals surface area (Å²) < 4.78 is 41.1. The third kappa shape index (κ3) is 3.51. The molecule has 1 aliphatic carbocycles. The van der Waals surface area contributed by atoms with E-state index in [1.807, 2.05) is 6.92 Å². The Morgan fingerprint density at radius 1 is 1.23 bits per heavy atom. The van der Waals surface area contributed by atoms with Gasteiger partial charge in [0, 0.05) is 12.8 Å². The highest BCUT2D eigenvalue weighted by atomic mass is 32.2. The van der Waals surface area contributed by atoms with Gasteiger partial charge in [-0.3, -0.25) is 4.18 Å². The van der Waals surface area contributed by atoms with Crippen LogP contribution in [-0.4, -0.2) is 34.0 Å². The summed E-state index contributed by atoms with van der Waals surface area (Å²) in [5.41, 5.74) is 1.02. The first-order valence-electron chi connectivity index (χ1n) is 7.73. The molecule has 1 saturated carbocycles. The largest absolute Gasteiger partial charge is 0.348 e. The first kappa shape index (κ1) is 15.9. The van der Waals surface area contributed by atoms with Gasteiger partial charge in [0.25, 0.3) is 10.1 Å². The lowest BCUT2D eigenvalue weighted by atomic mass is 9.85. The van der Waals surface area contributed by atoms with Gasteiger partial charge in [-0.25, -0.2) is 0 Å². The fourth-order valence-corrected chi connectivity index (χ4v) is 4.14. The minimum absolute atomic E-state index is 0.145. The van der Waals surface area contributed by atoms with Crippen LogP contribution in [0, 0.1) is 12.8 Å². The Bertz CT molecular complexity index is 602. The molecule has 2 aliphatic rings. The molecule has 0 bridgehead atoms. The van der Waals surface area contributed by atoms with Crippen LogP contribution in [0.3, 0.4) is 0 Å². The molecule has 122 valence electrons. The highest BCUT2D eigenvalue weighted by Crippen LogP contribution is 2.39. The van der Waals surface area contributed by atoms with Gasteiger partial charge in [0.2, 0.25) is 0 Å². The third-order valence-electron chi connectivity index (χ3n) is 4.35. The summed E-state index contributed by atoms with van der Waals surface area (Å²) in [6.45, 7) is 3.34. The van der Waals surface area contributed by atoms with E-state index < -0.39 is 15.9 Å². The van der Waals surface area contributed by atoms with E-state index in [1.54, 1.807) is 24.3 Å². The smallest absolute Gasteiger partial charge is 0.296 e. The fraction of sp³-hybridized carbons (Fsp3) is 0.625. The first-order valence-corrected chi connectivity index (χ1v) is 9.14. The van der Waals surface area contributed by atoms with E-state index in [2.05, 4.69) is 0 Å². The van der Waals surface area contributed by atoms with Gasteiger partial charge in [-0.2, -0.15) is 8.42 Å². The maximum absolute atomic E-state index is 12.2. The van der Waals surface area contributed by atoms with E-state index in [0.29, 0.717) is 19.6 Å². The lowest BCUT2D eigenvalue weighted by Gasteiger charge is -2.35. The van der Waals surface area contributed by atoms with Crippen LogP contribution in [0.2, 0.25) is 0 Å². The quantitative estimate of drug-likeness (QED) is 0.796. The lowest BCUT2D eigenvalue weighted by Crippen LogP contribution is -2.37. The van der Waals surface area contributed by atoms with Crippen LogP contribution in [-0.2, 0) is 23.8 Å². The van der Waals surface area contributed by atoms with Crippen LogP contribution in [0.15, 0.2) is 29.2 Å². The maximum atomic E-state index is 12.2. The Morgan fingerprint density at radius 2 is 1.91 bits per heavy atom. The second-order valence-electron chi connectivity index (χ2n) is 6.12. The zero-order chi connectivity index (χ0) is 15.6. The van der Waals surface area contributed by atoms with Gasteiger partial charge >= 0.3 is 0 Å². The molecule has 1 unspecified atom stereocenters. The summed E-state index contributed by atoms with van der Waals surface area (Å²) in [7, 11) is -3.69. The topological polar surface area (TPSA) is 61.8 Å². The molecule has 1 heterocycles. The van der Waals surface area contributed by atoms with Gasteiger partial charge in [0.15, 0.2) is 5.79 Å². The molecule has 0 aromatic heterocycles. The van der Waals surface area contributed by atoms with Crippen LogP contribution in [0.4, 0.5) is 0 Å². The van der Waals surface area contributed by atoms with E-state index in [0.717, 1.165) is 24.8 Å². The third-order valence-corrected chi connectivity index (χ3v) is 5.65. The van der Waals surface area contributed by atoms with E-state index in [9.17, 15) is 8.42 Å². The Hall–Kier alpha value is -0.950. The molecule has 0 radical (unpaired) electrons. The number of benzene rings is 1. The average molecular weight is 326 g/mol. The van der Waals surface area contributed by atoms with Gasteiger partial charge in [0.1, 0.15) is 0 Å². The molecular weight excluding hydrogens is 304 g/mol. The molecule has 6 heteroatoms. The monoisotopic (exact) mass is 326 g/mol. The van der Waals surface area contributed by atoms with Crippen LogP contribution < -0.4 is 0 Å². The minimum atomic E-state index is -3.69. The van der Waals surface area contributed by atoms with Gasteiger partial charge in [0.05, 0.1) is 24.7 Å². The van der Waals surface area contributed by atoms with Crippen molar-refractivity contribution in [2.75, 3.05) is 19.8 Å². The number of rotatable bonds is 4. The van der Waals surface area contributed by atoms with Crippen LogP contribution in [0.5, 0.6) is 0 Å². The van der Waals surface area contributed by atoms with Gasteiger partial charge in [-0.15, -0.1) is 0 Å². The standard InChI is InChI=1S/C16H22O5S/c1-13-4-6-15(7-5-13)22(17,18)21-12-14-3-2-8-16(11-14)19-9-10-20-16/h4-7,14H,2-3,8-12H2,1H3. The molecule has 1 aromatic carbocycles. The first-order chi connectivity index (χ1) is 10.5. The molecule has 0 amide bonds. The normalized spacial score (nSPS) is 24.7. The highest BCUT2D eigenvalue weighted by Gasteiger charge is 2.41. The minimum Gasteiger partial charge on any atom is -0.348 e. The fourth-order valence-electron chi connectivity index (χ4n) is 3.16. The van der Waals surface area contributed by atoms with Crippen molar-refractivity contribution in [2.45, 2.75) is 43.3 Å². The van der Waals surface area contributed by atoms with Gasteiger partial charge in [-0.05, 0) is 37.8 Å². The Kier molecular flexibility index (Phi) is 4.54. The van der Waals surface area contributed by atoms with Crippen molar-refractivity contribution in [3.05, 3.63) is 29.8 Å². The molecule has 1 spiro atoms. The number of hydrogen-bond acceptors (Lipinski definition) is 5. The number of hydrogen-bond donors (Lipinski definition) is 0. The molecular formula is C16H22O5S. The molecule has 0 N–H and O–H groups in total. The van der Waals surface area contributed by atoms with Crippen molar-refractivity contribution >= 4 is 10.1 Å². The van der Waals surface area contributed by atoms with E-state index in [1.165, 1.54) is 0 Å². The lowest BCUT2D eigenvalue weighted by molar-refractivity contribution is -0.188. The molecule has 3 rings (SSSR count). The van der Waals surface area contributed by atoms with Crippen molar-refractivity contribution in [3.63, 3.8) is 0 Å². The second kappa shape index (κ2) is 6.28. The predicted octanol–water partition coefficient (Wildman–Crippen LogP) is 2.63. The van der Waals surface area contributed by atoms with Gasteiger partial charge in [-0.1, -0.05) is 17.7 Å². The Morgan fingerprint density at radius 3 is 2.59 bits per heavy atom. The molecule has 1 atom stereocenters. The molecule has 1 aliphatic heterocycles. The summed E-state index contributed by atoms with van der Waals surface area (Å²) in [5, 5.41) is 0. The van der Waals surface area contributed by atoms with Crippen LogP contribution in [0.25, 0.3) is 0 Å². The maximum Gasteiger partial charge on any atom is 0.296 e. The Balaban J connectivity index is 1.60. The van der Waals surface area contributed by atoms with E-state index >= 15 is 0 Å².